The average Bonchev–Trinajstić information content (AvgIpc) is 2.55. The van der Waals surface area contributed by atoms with Crippen molar-refractivity contribution in [2.45, 2.75) is 6.92 Å². The summed E-state index contributed by atoms with van der Waals surface area (Å²) in [5, 5.41) is 1.02. The minimum Gasteiger partial charge on any atom is -0.421 e. The Balaban J connectivity index is 1.91. The Kier molecular flexibility index (Phi) is 4.18. The van der Waals surface area contributed by atoms with Crippen LogP contribution in [0.4, 0.5) is 0 Å². The maximum absolute atomic E-state index is 12.6. The lowest BCUT2D eigenvalue weighted by Crippen LogP contribution is -2.49. The molecule has 6 heteroatoms. The fourth-order valence-electron chi connectivity index (χ4n) is 2.70. The lowest BCUT2D eigenvalue weighted by atomic mass is 10.1. The third-order valence-electron chi connectivity index (χ3n) is 4.05. The number of hydrogen-bond donors (Lipinski definition) is 0. The number of rotatable bonds is 2. The molecule has 3 rings (SSSR count). The Morgan fingerprint density at radius 2 is 2.00 bits per heavy atom. The molecule has 1 saturated heterocycles. The largest absolute Gasteiger partial charge is 0.421 e. The van der Waals surface area contributed by atoms with E-state index in [1.54, 1.807) is 29.2 Å². The van der Waals surface area contributed by atoms with Gasteiger partial charge in [-0.1, -0.05) is 30.7 Å². The molecule has 0 spiro atoms. The van der Waals surface area contributed by atoms with Crippen LogP contribution in [0.15, 0.2) is 33.5 Å². The summed E-state index contributed by atoms with van der Waals surface area (Å²) in [5.74, 6) is -0.272. The first-order chi connectivity index (χ1) is 10.6. The van der Waals surface area contributed by atoms with Crippen LogP contribution in [0.5, 0.6) is 0 Å². The van der Waals surface area contributed by atoms with E-state index in [2.05, 4.69) is 11.8 Å². The summed E-state index contributed by atoms with van der Waals surface area (Å²) in [6.45, 7) is 5.97. The van der Waals surface area contributed by atoms with Gasteiger partial charge in [-0.15, -0.1) is 0 Å². The predicted molar refractivity (Wildman–Crippen MR) is 85.5 cm³/mol. The predicted octanol–water partition coefficient (Wildman–Crippen LogP) is 2.22. The van der Waals surface area contributed by atoms with Crippen molar-refractivity contribution in [1.82, 2.24) is 9.80 Å². The van der Waals surface area contributed by atoms with E-state index in [1.165, 1.54) is 0 Å². The Bertz CT molecular complexity index is 764. The zero-order valence-electron chi connectivity index (χ0n) is 12.3. The highest BCUT2D eigenvalue weighted by Gasteiger charge is 2.24. The van der Waals surface area contributed by atoms with Crippen LogP contribution in [0.2, 0.25) is 5.02 Å². The summed E-state index contributed by atoms with van der Waals surface area (Å²) in [6, 6.07) is 6.76. The first-order valence-corrected chi connectivity index (χ1v) is 7.72. The smallest absolute Gasteiger partial charge is 0.349 e. The number of benzene rings is 1. The quantitative estimate of drug-likeness (QED) is 0.796. The second-order valence-electron chi connectivity index (χ2n) is 5.33. The van der Waals surface area contributed by atoms with Gasteiger partial charge in [-0.2, -0.15) is 0 Å². The second-order valence-corrected chi connectivity index (χ2v) is 5.74. The zero-order chi connectivity index (χ0) is 15.7. The number of fused-ring (bicyclic) bond motifs is 1. The van der Waals surface area contributed by atoms with Crippen LogP contribution in [-0.2, 0) is 0 Å². The third-order valence-corrected chi connectivity index (χ3v) is 4.35. The van der Waals surface area contributed by atoms with Gasteiger partial charge >= 0.3 is 5.63 Å². The van der Waals surface area contributed by atoms with Crippen LogP contribution in [0.1, 0.15) is 17.3 Å². The van der Waals surface area contributed by atoms with Gasteiger partial charge in [0.1, 0.15) is 5.56 Å². The second kappa shape index (κ2) is 6.10. The number of carbonyl (C=O) groups excluding carboxylic acids is 1. The van der Waals surface area contributed by atoms with Crippen molar-refractivity contribution in [3.63, 3.8) is 0 Å². The molecule has 0 atom stereocenters. The van der Waals surface area contributed by atoms with E-state index in [-0.39, 0.29) is 11.5 Å². The highest BCUT2D eigenvalue weighted by Crippen LogP contribution is 2.22. The topological polar surface area (TPSA) is 53.8 Å². The SMILES string of the molecule is CCN1CCN(C(=O)c2cc3cccc(Cl)c3oc2=O)CC1. The van der Waals surface area contributed by atoms with Crippen LogP contribution in [0.3, 0.4) is 0 Å². The third kappa shape index (κ3) is 2.74. The molecule has 1 aromatic heterocycles. The van der Waals surface area contributed by atoms with E-state index in [0.717, 1.165) is 19.6 Å². The van der Waals surface area contributed by atoms with E-state index >= 15 is 0 Å². The molecular formula is C16H17ClN2O3. The molecule has 0 bridgehead atoms. The summed E-state index contributed by atoms with van der Waals surface area (Å²) >= 11 is 6.01. The van der Waals surface area contributed by atoms with Gasteiger partial charge in [-0.3, -0.25) is 4.79 Å². The summed E-state index contributed by atoms with van der Waals surface area (Å²) in [4.78, 5) is 28.6. The number of carbonyl (C=O) groups is 1. The molecule has 116 valence electrons. The molecular weight excluding hydrogens is 304 g/mol. The van der Waals surface area contributed by atoms with Crippen molar-refractivity contribution < 1.29 is 9.21 Å². The zero-order valence-corrected chi connectivity index (χ0v) is 13.1. The van der Waals surface area contributed by atoms with Crippen molar-refractivity contribution in [1.29, 1.82) is 0 Å². The van der Waals surface area contributed by atoms with Gasteiger partial charge < -0.3 is 14.2 Å². The maximum Gasteiger partial charge on any atom is 0.349 e. The number of halogens is 1. The van der Waals surface area contributed by atoms with E-state index < -0.39 is 5.63 Å². The standard InChI is InChI=1S/C16H17ClN2O3/c1-2-18-6-8-19(9-7-18)15(20)12-10-11-4-3-5-13(17)14(11)22-16(12)21/h3-5,10H,2,6-9H2,1H3. The molecule has 0 aliphatic carbocycles. The molecule has 0 unspecified atom stereocenters. The fourth-order valence-corrected chi connectivity index (χ4v) is 2.92. The Hall–Kier alpha value is -1.85. The van der Waals surface area contributed by atoms with Crippen molar-refractivity contribution in [3.8, 4) is 0 Å². The van der Waals surface area contributed by atoms with Crippen molar-refractivity contribution in [2.75, 3.05) is 32.7 Å². The Morgan fingerprint density at radius 1 is 1.27 bits per heavy atom. The van der Waals surface area contributed by atoms with Crippen molar-refractivity contribution in [3.05, 3.63) is 45.3 Å². The summed E-state index contributed by atoms with van der Waals surface area (Å²) in [5.41, 5.74) is -0.246. The molecule has 5 nitrogen and oxygen atoms in total. The Labute approximate surface area is 133 Å². The molecule has 1 aromatic carbocycles. The molecule has 1 aliphatic rings. The van der Waals surface area contributed by atoms with E-state index in [4.69, 9.17) is 16.0 Å². The fraction of sp³-hybridized carbons (Fsp3) is 0.375. The molecule has 2 heterocycles. The maximum atomic E-state index is 12.6. The van der Waals surface area contributed by atoms with E-state index in [1.807, 2.05) is 0 Å². The molecule has 1 aliphatic heterocycles. The molecule has 0 N–H and O–H groups in total. The summed E-state index contributed by atoms with van der Waals surface area (Å²) < 4.78 is 5.23. The van der Waals surface area contributed by atoms with Gasteiger partial charge in [0.25, 0.3) is 5.91 Å². The van der Waals surface area contributed by atoms with Gasteiger partial charge in [0.2, 0.25) is 0 Å². The first-order valence-electron chi connectivity index (χ1n) is 7.34. The monoisotopic (exact) mass is 320 g/mol. The van der Waals surface area contributed by atoms with Crippen LogP contribution in [0.25, 0.3) is 11.0 Å². The number of hydrogen-bond acceptors (Lipinski definition) is 4. The minimum absolute atomic E-state index is 0.0692. The van der Waals surface area contributed by atoms with Crippen LogP contribution in [0, 0.1) is 0 Å². The number of nitrogens with zero attached hydrogens (tertiary/aromatic N) is 2. The van der Waals surface area contributed by atoms with Crippen molar-refractivity contribution >= 4 is 28.5 Å². The molecule has 2 aromatic rings. The molecule has 0 radical (unpaired) electrons. The first kappa shape index (κ1) is 15.1. The van der Waals surface area contributed by atoms with Crippen LogP contribution < -0.4 is 5.63 Å². The van der Waals surface area contributed by atoms with E-state index in [9.17, 15) is 9.59 Å². The van der Waals surface area contributed by atoms with Gasteiger partial charge in [0, 0.05) is 31.6 Å². The molecule has 1 fully saturated rings. The normalized spacial score (nSPS) is 16.2. The van der Waals surface area contributed by atoms with Gasteiger partial charge in [-0.25, -0.2) is 4.79 Å². The van der Waals surface area contributed by atoms with E-state index in [0.29, 0.717) is 29.1 Å². The van der Waals surface area contributed by atoms with Crippen LogP contribution in [-0.4, -0.2) is 48.4 Å². The Morgan fingerprint density at radius 3 is 2.68 bits per heavy atom. The van der Waals surface area contributed by atoms with Crippen molar-refractivity contribution in [2.24, 2.45) is 0 Å². The molecule has 0 saturated carbocycles. The number of piperazine rings is 1. The molecule has 1 amide bonds. The van der Waals surface area contributed by atoms with Gasteiger partial charge in [0.15, 0.2) is 5.58 Å². The summed E-state index contributed by atoms with van der Waals surface area (Å²) in [6.07, 6.45) is 0. The van der Waals surface area contributed by atoms with Gasteiger partial charge in [-0.05, 0) is 18.7 Å². The lowest BCUT2D eigenvalue weighted by molar-refractivity contribution is 0.0639. The number of amides is 1. The lowest BCUT2D eigenvalue weighted by Gasteiger charge is -2.33. The van der Waals surface area contributed by atoms with Gasteiger partial charge in [0.05, 0.1) is 5.02 Å². The summed E-state index contributed by atoms with van der Waals surface area (Å²) in [7, 11) is 0. The highest BCUT2D eigenvalue weighted by atomic mass is 35.5. The van der Waals surface area contributed by atoms with Crippen LogP contribution >= 0.6 is 11.6 Å². The minimum atomic E-state index is -0.636. The number of para-hydroxylation sites is 1. The average molecular weight is 321 g/mol. The number of likely N-dealkylation sites (N-methyl/N-ethyl adjacent to an activating group) is 1. The highest BCUT2D eigenvalue weighted by molar-refractivity contribution is 6.34. The molecule has 22 heavy (non-hydrogen) atoms.